The maximum atomic E-state index is 13.0. The number of hydrogen-bond acceptors (Lipinski definition) is 1. The number of nitrogens with zero attached hydrogens (tertiary/aromatic N) is 1. The lowest BCUT2D eigenvalue weighted by Gasteiger charge is -2.07. The predicted octanol–water partition coefficient (Wildman–Crippen LogP) is 3.66. The zero-order valence-corrected chi connectivity index (χ0v) is 11.4. The Morgan fingerprint density at radius 1 is 1.44 bits per heavy atom. The first kappa shape index (κ1) is 12.8. The second kappa shape index (κ2) is 5.35. The first-order valence-corrected chi connectivity index (χ1v) is 6.32. The zero-order chi connectivity index (χ0) is 13.1. The Morgan fingerprint density at radius 3 is 2.89 bits per heavy atom. The van der Waals surface area contributed by atoms with Gasteiger partial charge < -0.3 is 9.88 Å². The molecule has 0 unspecified atom stereocenters. The van der Waals surface area contributed by atoms with Gasteiger partial charge in [-0.25, -0.2) is 4.39 Å². The number of rotatable bonds is 3. The van der Waals surface area contributed by atoms with Gasteiger partial charge in [-0.05, 0) is 47.1 Å². The molecule has 0 saturated heterocycles. The molecule has 0 saturated carbocycles. The minimum atomic E-state index is -0.375. The van der Waals surface area contributed by atoms with Crippen LogP contribution in [0.25, 0.3) is 0 Å². The van der Waals surface area contributed by atoms with Gasteiger partial charge in [-0.2, -0.15) is 0 Å². The highest BCUT2D eigenvalue weighted by molar-refractivity contribution is 9.10. The predicted molar refractivity (Wildman–Crippen MR) is 72.2 cm³/mol. The lowest BCUT2D eigenvalue weighted by atomic mass is 10.3. The Morgan fingerprint density at radius 2 is 2.22 bits per heavy atom. The van der Waals surface area contributed by atoms with E-state index in [1.165, 1.54) is 12.1 Å². The van der Waals surface area contributed by atoms with Crippen molar-refractivity contribution in [1.82, 2.24) is 4.57 Å². The van der Waals surface area contributed by atoms with Crippen LogP contribution >= 0.6 is 15.9 Å². The van der Waals surface area contributed by atoms with E-state index in [0.717, 1.165) is 4.47 Å². The largest absolute Gasteiger partial charge is 0.343 e. The first-order valence-electron chi connectivity index (χ1n) is 5.52. The summed E-state index contributed by atoms with van der Waals surface area (Å²) in [7, 11) is 0. The van der Waals surface area contributed by atoms with Crippen molar-refractivity contribution < 1.29 is 9.18 Å². The quantitative estimate of drug-likeness (QED) is 0.922. The molecule has 1 heterocycles. The molecule has 2 aromatic rings. The van der Waals surface area contributed by atoms with Crippen molar-refractivity contribution in [3.8, 4) is 0 Å². The number of carbonyl (C=O) groups excluding carboxylic acids is 1. The molecule has 0 fully saturated rings. The van der Waals surface area contributed by atoms with Gasteiger partial charge in [-0.3, -0.25) is 4.79 Å². The Balaban J connectivity index is 2.21. The molecule has 1 aromatic carbocycles. The van der Waals surface area contributed by atoms with Crippen LogP contribution in [0.3, 0.4) is 0 Å². The van der Waals surface area contributed by atoms with Gasteiger partial charge in [0.1, 0.15) is 11.5 Å². The van der Waals surface area contributed by atoms with Crippen LogP contribution in [-0.4, -0.2) is 10.5 Å². The van der Waals surface area contributed by atoms with Crippen molar-refractivity contribution >= 4 is 27.5 Å². The number of aryl methyl sites for hydroxylation is 1. The van der Waals surface area contributed by atoms with E-state index in [1.807, 2.05) is 17.7 Å². The third kappa shape index (κ3) is 2.79. The van der Waals surface area contributed by atoms with Crippen molar-refractivity contribution in [1.29, 1.82) is 0 Å². The van der Waals surface area contributed by atoms with Gasteiger partial charge in [0.05, 0.1) is 0 Å². The molecular weight excluding hydrogens is 299 g/mol. The number of carbonyl (C=O) groups is 1. The van der Waals surface area contributed by atoms with E-state index < -0.39 is 0 Å². The standard InChI is InChI=1S/C13H12BrFN2O/c1-2-17-8-9(14)6-12(17)13(18)16-11-5-3-4-10(15)7-11/h3-8H,2H2,1H3,(H,16,18). The summed E-state index contributed by atoms with van der Waals surface area (Å²) in [6.07, 6.45) is 1.83. The van der Waals surface area contributed by atoms with E-state index in [4.69, 9.17) is 0 Å². The van der Waals surface area contributed by atoms with E-state index in [-0.39, 0.29) is 11.7 Å². The van der Waals surface area contributed by atoms with Crippen LogP contribution in [0.2, 0.25) is 0 Å². The summed E-state index contributed by atoms with van der Waals surface area (Å²) in [5.41, 5.74) is 0.980. The normalized spacial score (nSPS) is 10.4. The lowest BCUT2D eigenvalue weighted by Crippen LogP contribution is -2.16. The van der Waals surface area contributed by atoms with E-state index in [2.05, 4.69) is 21.2 Å². The van der Waals surface area contributed by atoms with Gasteiger partial charge in [0.25, 0.3) is 5.91 Å². The minimum absolute atomic E-state index is 0.256. The summed E-state index contributed by atoms with van der Waals surface area (Å²) in [4.78, 5) is 12.0. The Bertz CT molecular complexity index is 580. The molecule has 3 nitrogen and oxygen atoms in total. The molecule has 1 N–H and O–H groups in total. The van der Waals surface area contributed by atoms with Gasteiger partial charge in [0.15, 0.2) is 0 Å². The summed E-state index contributed by atoms with van der Waals surface area (Å²) in [5, 5.41) is 2.67. The van der Waals surface area contributed by atoms with Crippen LogP contribution in [0.4, 0.5) is 10.1 Å². The Hall–Kier alpha value is -1.62. The minimum Gasteiger partial charge on any atom is -0.343 e. The Kier molecular flexibility index (Phi) is 3.81. The highest BCUT2D eigenvalue weighted by atomic mass is 79.9. The highest BCUT2D eigenvalue weighted by Gasteiger charge is 2.12. The molecule has 0 bridgehead atoms. The van der Waals surface area contributed by atoms with Crippen LogP contribution in [0, 0.1) is 5.82 Å². The van der Waals surface area contributed by atoms with Crippen molar-refractivity contribution in [3.63, 3.8) is 0 Å². The summed E-state index contributed by atoms with van der Waals surface area (Å²) in [6, 6.07) is 7.56. The van der Waals surface area contributed by atoms with Gasteiger partial charge in [-0.15, -0.1) is 0 Å². The first-order chi connectivity index (χ1) is 8.60. The maximum Gasteiger partial charge on any atom is 0.272 e. The van der Waals surface area contributed by atoms with Crippen molar-refractivity contribution in [2.75, 3.05) is 5.32 Å². The van der Waals surface area contributed by atoms with Gasteiger partial charge in [0.2, 0.25) is 0 Å². The molecule has 0 atom stereocenters. The summed E-state index contributed by atoms with van der Waals surface area (Å²) in [5.74, 6) is -0.631. The van der Waals surface area contributed by atoms with E-state index in [0.29, 0.717) is 17.9 Å². The number of nitrogens with one attached hydrogen (secondary N) is 1. The monoisotopic (exact) mass is 310 g/mol. The molecule has 1 aromatic heterocycles. The smallest absolute Gasteiger partial charge is 0.272 e. The molecule has 0 aliphatic carbocycles. The van der Waals surface area contributed by atoms with Gasteiger partial charge in [0, 0.05) is 22.9 Å². The topological polar surface area (TPSA) is 34.0 Å². The molecule has 2 rings (SSSR count). The molecule has 0 aliphatic heterocycles. The average Bonchev–Trinajstić information content (AvgIpc) is 2.70. The fourth-order valence-electron chi connectivity index (χ4n) is 1.69. The third-order valence-electron chi connectivity index (χ3n) is 2.52. The van der Waals surface area contributed by atoms with E-state index in [9.17, 15) is 9.18 Å². The highest BCUT2D eigenvalue weighted by Crippen LogP contribution is 2.17. The summed E-state index contributed by atoms with van der Waals surface area (Å²) in [6.45, 7) is 2.64. The fourth-order valence-corrected chi connectivity index (χ4v) is 2.15. The third-order valence-corrected chi connectivity index (χ3v) is 2.95. The molecule has 0 spiro atoms. The van der Waals surface area contributed by atoms with E-state index >= 15 is 0 Å². The van der Waals surface area contributed by atoms with Crippen LogP contribution in [-0.2, 0) is 6.54 Å². The lowest BCUT2D eigenvalue weighted by molar-refractivity contribution is 0.101. The van der Waals surface area contributed by atoms with Crippen LogP contribution in [0.1, 0.15) is 17.4 Å². The number of benzene rings is 1. The van der Waals surface area contributed by atoms with Crippen molar-refractivity contribution in [3.05, 3.63) is 52.5 Å². The SMILES string of the molecule is CCn1cc(Br)cc1C(=O)Nc1cccc(F)c1. The second-order valence-electron chi connectivity index (χ2n) is 3.79. The van der Waals surface area contributed by atoms with Crippen LogP contribution < -0.4 is 5.32 Å². The molecule has 18 heavy (non-hydrogen) atoms. The molecule has 0 aliphatic rings. The fraction of sp³-hybridized carbons (Fsp3) is 0.154. The number of amides is 1. The molecule has 0 radical (unpaired) electrons. The van der Waals surface area contributed by atoms with Crippen LogP contribution in [0.15, 0.2) is 41.0 Å². The number of halogens is 2. The summed E-state index contributed by atoms with van der Waals surface area (Å²) >= 11 is 3.33. The van der Waals surface area contributed by atoms with Gasteiger partial charge in [-0.1, -0.05) is 6.07 Å². The zero-order valence-electron chi connectivity index (χ0n) is 9.78. The Labute approximate surface area is 113 Å². The average molecular weight is 311 g/mol. The molecular formula is C13H12BrFN2O. The number of anilines is 1. The van der Waals surface area contributed by atoms with Gasteiger partial charge >= 0.3 is 0 Å². The van der Waals surface area contributed by atoms with Crippen molar-refractivity contribution in [2.45, 2.75) is 13.5 Å². The molecule has 94 valence electrons. The van der Waals surface area contributed by atoms with Crippen LogP contribution in [0.5, 0.6) is 0 Å². The van der Waals surface area contributed by atoms with E-state index in [1.54, 1.807) is 18.2 Å². The number of aromatic nitrogens is 1. The number of hydrogen-bond donors (Lipinski definition) is 1. The maximum absolute atomic E-state index is 13.0. The summed E-state index contributed by atoms with van der Waals surface area (Å²) < 4.78 is 15.7. The molecule has 1 amide bonds. The molecule has 5 heteroatoms. The van der Waals surface area contributed by atoms with Crippen molar-refractivity contribution in [2.24, 2.45) is 0 Å². The second-order valence-corrected chi connectivity index (χ2v) is 4.71.